The van der Waals surface area contributed by atoms with Crippen molar-refractivity contribution in [1.82, 2.24) is 9.47 Å². The van der Waals surface area contributed by atoms with Crippen LogP contribution in [-0.4, -0.2) is 52.2 Å². The van der Waals surface area contributed by atoms with Crippen molar-refractivity contribution in [2.75, 3.05) is 25.5 Å². The predicted octanol–water partition coefficient (Wildman–Crippen LogP) is 2.47. The first-order valence-electron chi connectivity index (χ1n) is 7.80. The van der Waals surface area contributed by atoms with Crippen LogP contribution in [-0.2, 0) is 11.3 Å². The molecule has 2 atom stereocenters. The second-order valence-corrected chi connectivity index (χ2v) is 7.21. The smallest absolute Gasteiger partial charge is 0.255 e. The highest BCUT2D eigenvalue weighted by Crippen LogP contribution is 2.31. The number of amides is 1. The Hall–Kier alpha value is -0.940. The van der Waals surface area contributed by atoms with Crippen molar-refractivity contribution in [3.63, 3.8) is 0 Å². The van der Waals surface area contributed by atoms with E-state index in [1.165, 1.54) is 5.69 Å². The molecule has 116 valence electrons. The molecule has 2 aliphatic heterocycles. The fraction of sp³-hybridized carbons (Fsp3) is 0.688. The van der Waals surface area contributed by atoms with Crippen LogP contribution in [0.25, 0.3) is 0 Å². The minimum atomic E-state index is 0.208. The lowest BCUT2D eigenvalue weighted by Gasteiger charge is -2.43. The van der Waals surface area contributed by atoms with Gasteiger partial charge in [-0.25, -0.2) is 0 Å². The monoisotopic (exact) mass is 308 g/mol. The third kappa shape index (κ3) is 2.61. The van der Waals surface area contributed by atoms with Gasteiger partial charge in [-0.2, -0.15) is 11.8 Å². The van der Waals surface area contributed by atoms with E-state index in [2.05, 4.69) is 36.3 Å². The lowest BCUT2D eigenvalue weighted by Crippen LogP contribution is -2.54. The maximum atomic E-state index is 13.0. The molecular formula is C16H24N2O2S. The number of carbonyl (C=O) groups is 1. The van der Waals surface area contributed by atoms with Gasteiger partial charge in [0.25, 0.3) is 5.91 Å². The lowest BCUT2D eigenvalue weighted by molar-refractivity contribution is 0.0318. The van der Waals surface area contributed by atoms with Crippen molar-refractivity contribution in [2.45, 2.75) is 45.0 Å². The number of carbonyl (C=O) groups excluding carboxylic acids is 1. The standard InChI is InChI=1S/C16H24N2O2S/c1-4-17-11(2)9-13(12(17)3)16(19)18-6-8-21-15-10-20-7-5-14(15)18/h9,14-15H,4-8,10H2,1-3H3. The van der Waals surface area contributed by atoms with E-state index in [1.807, 2.05) is 11.8 Å². The molecule has 21 heavy (non-hydrogen) atoms. The maximum Gasteiger partial charge on any atom is 0.255 e. The molecule has 2 unspecified atom stereocenters. The summed E-state index contributed by atoms with van der Waals surface area (Å²) in [4.78, 5) is 15.1. The van der Waals surface area contributed by atoms with Gasteiger partial charge in [0.15, 0.2) is 0 Å². The molecule has 1 aromatic heterocycles. The highest BCUT2D eigenvalue weighted by Gasteiger charge is 2.37. The number of ether oxygens (including phenoxy) is 1. The van der Waals surface area contributed by atoms with Crippen LogP contribution in [0.3, 0.4) is 0 Å². The molecule has 3 heterocycles. The van der Waals surface area contributed by atoms with E-state index in [-0.39, 0.29) is 5.91 Å². The summed E-state index contributed by atoms with van der Waals surface area (Å²) in [6, 6.07) is 2.40. The molecule has 4 nitrogen and oxygen atoms in total. The molecule has 2 fully saturated rings. The summed E-state index contributed by atoms with van der Waals surface area (Å²) in [5, 5.41) is 0.450. The average molecular weight is 308 g/mol. The number of hydrogen-bond donors (Lipinski definition) is 0. The summed E-state index contributed by atoms with van der Waals surface area (Å²) in [7, 11) is 0. The van der Waals surface area contributed by atoms with Gasteiger partial charge in [-0.3, -0.25) is 4.79 Å². The largest absolute Gasteiger partial charge is 0.380 e. The second kappa shape index (κ2) is 6.05. The Morgan fingerprint density at radius 2 is 2.29 bits per heavy atom. The molecule has 0 radical (unpaired) electrons. The van der Waals surface area contributed by atoms with Crippen LogP contribution >= 0.6 is 11.8 Å². The fourth-order valence-corrected chi connectivity index (χ4v) is 4.90. The number of hydrogen-bond acceptors (Lipinski definition) is 3. The summed E-state index contributed by atoms with van der Waals surface area (Å²) >= 11 is 1.96. The molecule has 2 saturated heterocycles. The van der Waals surface area contributed by atoms with E-state index in [0.717, 1.165) is 49.7 Å². The van der Waals surface area contributed by atoms with Crippen LogP contribution in [0, 0.1) is 13.8 Å². The highest BCUT2D eigenvalue weighted by atomic mass is 32.2. The first-order chi connectivity index (χ1) is 10.1. The van der Waals surface area contributed by atoms with E-state index < -0.39 is 0 Å². The van der Waals surface area contributed by atoms with Crippen molar-refractivity contribution in [3.05, 3.63) is 23.0 Å². The summed E-state index contributed by atoms with van der Waals surface area (Å²) in [5.41, 5.74) is 3.15. The molecule has 0 bridgehead atoms. The van der Waals surface area contributed by atoms with Crippen molar-refractivity contribution in [2.24, 2.45) is 0 Å². The summed E-state index contributed by atoms with van der Waals surface area (Å²) in [6.45, 7) is 9.61. The van der Waals surface area contributed by atoms with E-state index >= 15 is 0 Å². The fourth-order valence-electron chi connectivity index (χ4n) is 3.60. The SMILES string of the molecule is CCn1c(C)cc(C(=O)N2CCSC3COCCC32)c1C. The van der Waals surface area contributed by atoms with E-state index in [9.17, 15) is 4.79 Å². The quantitative estimate of drug-likeness (QED) is 0.842. The Morgan fingerprint density at radius 3 is 3.00 bits per heavy atom. The molecule has 2 aliphatic rings. The first-order valence-corrected chi connectivity index (χ1v) is 8.85. The third-order valence-electron chi connectivity index (χ3n) is 4.71. The molecule has 0 N–H and O–H groups in total. The average Bonchev–Trinajstić information content (AvgIpc) is 2.80. The highest BCUT2D eigenvalue weighted by molar-refractivity contribution is 8.00. The van der Waals surface area contributed by atoms with Crippen LogP contribution in [0.2, 0.25) is 0 Å². The Labute approximate surface area is 130 Å². The molecule has 0 aliphatic carbocycles. The van der Waals surface area contributed by atoms with Gasteiger partial charge in [0, 0.05) is 48.1 Å². The number of aromatic nitrogens is 1. The summed E-state index contributed by atoms with van der Waals surface area (Å²) in [5.74, 6) is 1.22. The van der Waals surface area contributed by atoms with Gasteiger partial charge < -0.3 is 14.2 Å². The number of fused-ring (bicyclic) bond motifs is 1. The summed E-state index contributed by atoms with van der Waals surface area (Å²) in [6.07, 6.45) is 0.968. The number of aryl methyl sites for hydroxylation is 1. The van der Waals surface area contributed by atoms with Crippen molar-refractivity contribution >= 4 is 17.7 Å². The molecular weight excluding hydrogens is 284 g/mol. The molecule has 5 heteroatoms. The minimum Gasteiger partial charge on any atom is -0.380 e. The zero-order chi connectivity index (χ0) is 15.0. The van der Waals surface area contributed by atoms with Gasteiger partial charge in [-0.1, -0.05) is 0 Å². The zero-order valence-electron chi connectivity index (χ0n) is 13.1. The van der Waals surface area contributed by atoms with Gasteiger partial charge in [0.2, 0.25) is 0 Å². The number of thioether (sulfide) groups is 1. The zero-order valence-corrected chi connectivity index (χ0v) is 13.9. The Bertz CT molecular complexity index is 539. The molecule has 0 aromatic carbocycles. The van der Waals surface area contributed by atoms with Crippen LogP contribution < -0.4 is 0 Å². The normalized spacial score (nSPS) is 25.8. The van der Waals surface area contributed by atoms with Crippen LogP contribution in [0.15, 0.2) is 6.07 Å². The molecule has 0 saturated carbocycles. The summed E-state index contributed by atoms with van der Waals surface area (Å²) < 4.78 is 7.79. The van der Waals surface area contributed by atoms with Crippen molar-refractivity contribution in [1.29, 1.82) is 0 Å². The Balaban J connectivity index is 1.87. The van der Waals surface area contributed by atoms with Crippen LogP contribution in [0.4, 0.5) is 0 Å². The topological polar surface area (TPSA) is 34.5 Å². The lowest BCUT2D eigenvalue weighted by atomic mass is 10.0. The third-order valence-corrected chi connectivity index (χ3v) is 6.01. The molecule has 1 amide bonds. The molecule has 1 aromatic rings. The van der Waals surface area contributed by atoms with Gasteiger partial charge in [-0.15, -0.1) is 0 Å². The van der Waals surface area contributed by atoms with Gasteiger partial charge in [0.05, 0.1) is 12.2 Å². The van der Waals surface area contributed by atoms with E-state index in [1.54, 1.807) is 0 Å². The second-order valence-electron chi connectivity index (χ2n) is 5.87. The Morgan fingerprint density at radius 1 is 1.48 bits per heavy atom. The van der Waals surface area contributed by atoms with Gasteiger partial charge in [0.1, 0.15) is 0 Å². The molecule has 0 spiro atoms. The maximum absolute atomic E-state index is 13.0. The van der Waals surface area contributed by atoms with Gasteiger partial charge in [-0.05, 0) is 33.3 Å². The minimum absolute atomic E-state index is 0.208. The van der Waals surface area contributed by atoms with Crippen molar-refractivity contribution in [3.8, 4) is 0 Å². The van der Waals surface area contributed by atoms with Gasteiger partial charge >= 0.3 is 0 Å². The predicted molar refractivity (Wildman–Crippen MR) is 86.1 cm³/mol. The van der Waals surface area contributed by atoms with E-state index in [4.69, 9.17) is 4.74 Å². The molecule has 3 rings (SSSR count). The van der Waals surface area contributed by atoms with Crippen LogP contribution in [0.5, 0.6) is 0 Å². The van der Waals surface area contributed by atoms with E-state index in [0.29, 0.717) is 11.3 Å². The number of nitrogens with zero attached hydrogens (tertiary/aromatic N) is 2. The number of rotatable bonds is 2. The Kier molecular flexibility index (Phi) is 4.31. The van der Waals surface area contributed by atoms with Crippen LogP contribution in [0.1, 0.15) is 35.1 Å². The first kappa shape index (κ1) is 15.0. The van der Waals surface area contributed by atoms with Crippen molar-refractivity contribution < 1.29 is 9.53 Å².